The summed E-state index contributed by atoms with van der Waals surface area (Å²) in [4.78, 5) is 14.0. The molecule has 106 valence electrons. The number of amides is 1. The van der Waals surface area contributed by atoms with Crippen LogP contribution in [0.3, 0.4) is 0 Å². The number of rotatable bonds is 5. The Balaban J connectivity index is 1.91. The first-order chi connectivity index (χ1) is 9.19. The monoisotopic (exact) mass is 328 g/mol. The summed E-state index contributed by atoms with van der Waals surface area (Å²) in [5.41, 5.74) is 1.18. The molecular formula is C13H21BrN4O. The number of anilines is 1. The van der Waals surface area contributed by atoms with Gasteiger partial charge < -0.3 is 10.2 Å². The van der Waals surface area contributed by atoms with Crippen molar-refractivity contribution in [3.8, 4) is 0 Å². The van der Waals surface area contributed by atoms with Crippen LogP contribution < -0.4 is 5.32 Å². The largest absolute Gasteiger partial charge is 0.309 e. The maximum Gasteiger partial charge on any atom is 0.225 e. The van der Waals surface area contributed by atoms with Crippen LogP contribution in [0.5, 0.6) is 0 Å². The highest BCUT2D eigenvalue weighted by Gasteiger charge is 2.14. The van der Waals surface area contributed by atoms with Gasteiger partial charge in [0, 0.05) is 37.5 Å². The zero-order chi connectivity index (χ0) is 13.7. The minimum atomic E-state index is 0.0579. The minimum Gasteiger partial charge on any atom is -0.309 e. The van der Waals surface area contributed by atoms with Gasteiger partial charge in [-0.1, -0.05) is 15.9 Å². The zero-order valence-corrected chi connectivity index (χ0v) is 12.9. The second-order valence-electron chi connectivity index (χ2n) is 5.03. The number of aromatic nitrogens is 2. The molecule has 6 heteroatoms. The topological polar surface area (TPSA) is 50.2 Å². The predicted molar refractivity (Wildman–Crippen MR) is 79.5 cm³/mol. The number of hydrogen-bond acceptors (Lipinski definition) is 3. The molecule has 19 heavy (non-hydrogen) atoms. The van der Waals surface area contributed by atoms with Crippen LogP contribution in [0.25, 0.3) is 0 Å². The lowest BCUT2D eigenvalue weighted by Crippen LogP contribution is -2.17. The lowest BCUT2D eigenvalue weighted by atomic mass is 10.2. The van der Waals surface area contributed by atoms with Gasteiger partial charge in [-0.05, 0) is 26.3 Å². The van der Waals surface area contributed by atoms with E-state index in [4.69, 9.17) is 0 Å². The molecule has 1 N–H and O–H groups in total. The van der Waals surface area contributed by atoms with E-state index >= 15 is 0 Å². The van der Waals surface area contributed by atoms with Gasteiger partial charge in [-0.15, -0.1) is 0 Å². The SMILES string of the molecule is CN1CCCn2nc(NC(=O)CCCCBr)cc2C1. The van der Waals surface area contributed by atoms with E-state index in [1.807, 2.05) is 10.7 Å². The van der Waals surface area contributed by atoms with Crippen molar-refractivity contribution in [3.63, 3.8) is 0 Å². The molecule has 1 aliphatic heterocycles. The molecule has 0 fully saturated rings. The first kappa shape index (κ1) is 14.5. The molecule has 0 atom stereocenters. The molecule has 1 aromatic rings. The van der Waals surface area contributed by atoms with Crippen molar-refractivity contribution in [2.45, 2.75) is 38.8 Å². The lowest BCUT2D eigenvalue weighted by Gasteiger charge is -2.10. The Hall–Kier alpha value is -0.880. The number of carbonyl (C=O) groups is 1. The number of nitrogens with one attached hydrogen (secondary N) is 1. The third-order valence-corrected chi connectivity index (χ3v) is 3.82. The first-order valence-corrected chi connectivity index (χ1v) is 7.92. The van der Waals surface area contributed by atoms with Gasteiger partial charge in [-0.3, -0.25) is 9.48 Å². The molecule has 0 saturated heterocycles. The van der Waals surface area contributed by atoms with Gasteiger partial charge in [0.1, 0.15) is 0 Å². The van der Waals surface area contributed by atoms with E-state index < -0.39 is 0 Å². The van der Waals surface area contributed by atoms with Crippen LogP contribution in [0.2, 0.25) is 0 Å². The van der Waals surface area contributed by atoms with Crippen molar-refractivity contribution in [1.29, 1.82) is 0 Å². The summed E-state index contributed by atoms with van der Waals surface area (Å²) < 4.78 is 2.01. The van der Waals surface area contributed by atoms with E-state index in [0.717, 1.165) is 44.2 Å². The van der Waals surface area contributed by atoms with Gasteiger partial charge in [0.15, 0.2) is 5.82 Å². The quantitative estimate of drug-likeness (QED) is 0.666. The normalized spacial score (nSPS) is 15.9. The molecule has 0 unspecified atom stereocenters. The summed E-state index contributed by atoms with van der Waals surface area (Å²) in [5, 5.41) is 8.30. The second-order valence-corrected chi connectivity index (χ2v) is 5.82. The van der Waals surface area contributed by atoms with Gasteiger partial charge in [-0.25, -0.2) is 0 Å². The van der Waals surface area contributed by atoms with Crippen molar-refractivity contribution >= 4 is 27.7 Å². The highest BCUT2D eigenvalue weighted by molar-refractivity contribution is 9.09. The maximum atomic E-state index is 11.7. The molecule has 1 aliphatic rings. The average molecular weight is 329 g/mol. The van der Waals surface area contributed by atoms with Gasteiger partial charge in [0.25, 0.3) is 0 Å². The fourth-order valence-corrected chi connectivity index (χ4v) is 2.67. The van der Waals surface area contributed by atoms with E-state index in [9.17, 15) is 4.79 Å². The van der Waals surface area contributed by atoms with Crippen LogP contribution in [-0.4, -0.2) is 39.5 Å². The Morgan fingerprint density at radius 1 is 1.47 bits per heavy atom. The van der Waals surface area contributed by atoms with Crippen molar-refractivity contribution in [3.05, 3.63) is 11.8 Å². The Kier molecular flexibility index (Phi) is 5.39. The van der Waals surface area contributed by atoms with Gasteiger partial charge in [0.2, 0.25) is 5.91 Å². The summed E-state index contributed by atoms with van der Waals surface area (Å²) >= 11 is 3.37. The molecule has 2 heterocycles. The fourth-order valence-electron chi connectivity index (χ4n) is 2.27. The summed E-state index contributed by atoms with van der Waals surface area (Å²) in [6, 6.07) is 1.99. The van der Waals surface area contributed by atoms with Crippen LogP contribution >= 0.6 is 15.9 Å². The van der Waals surface area contributed by atoms with E-state index in [1.54, 1.807) is 0 Å². The molecule has 0 aliphatic carbocycles. The number of aryl methyl sites for hydroxylation is 1. The molecule has 0 aromatic carbocycles. The zero-order valence-electron chi connectivity index (χ0n) is 11.4. The van der Waals surface area contributed by atoms with Gasteiger partial charge in [-0.2, -0.15) is 5.10 Å². The molecule has 1 aromatic heterocycles. The number of carbonyl (C=O) groups excluding carboxylic acids is 1. The van der Waals surface area contributed by atoms with Crippen LogP contribution in [0.4, 0.5) is 5.82 Å². The van der Waals surface area contributed by atoms with E-state index in [0.29, 0.717) is 12.2 Å². The first-order valence-electron chi connectivity index (χ1n) is 6.80. The molecule has 0 radical (unpaired) electrons. The summed E-state index contributed by atoms with van der Waals surface area (Å²) in [5.74, 6) is 0.747. The molecule has 0 spiro atoms. The highest BCUT2D eigenvalue weighted by atomic mass is 79.9. The van der Waals surface area contributed by atoms with Gasteiger partial charge >= 0.3 is 0 Å². The van der Waals surface area contributed by atoms with E-state index in [2.05, 4.69) is 38.3 Å². The number of unbranched alkanes of at least 4 members (excludes halogenated alkanes) is 1. The number of fused-ring (bicyclic) bond motifs is 1. The van der Waals surface area contributed by atoms with Gasteiger partial charge in [0.05, 0.1) is 5.69 Å². The molecular weight excluding hydrogens is 308 g/mol. The highest BCUT2D eigenvalue weighted by Crippen LogP contribution is 2.15. The van der Waals surface area contributed by atoms with Crippen molar-refractivity contribution < 1.29 is 4.79 Å². The van der Waals surface area contributed by atoms with Crippen molar-refractivity contribution in [1.82, 2.24) is 14.7 Å². The van der Waals surface area contributed by atoms with Crippen molar-refractivity contribution in [2.24, 2.45) is 0 Å². The minimum absolute atomic E-state index is 0.0579. The number of nitrogens with zero attached hydrogens (tertiary/aromatic N) is 3. The molecule has 1 amide bonds. The van der Waals surface area contributed by atoms with Crippen LogP contribution in [0.15, 0.2) is 6.07 Å². The van der Waals surface area contributed by atoms with Crippen LogP contribution in [0.1, 0.15) is 31.4 Å². The Labute approximate surface area is 122 Å². The summed E-state index contributed by atoms with van der Waals surface area (Å²) in [6.45, 7) is 2.92. The summed E-state index contributed by atoms with van der Waals surface area (Å²) in [6.07, 6.45) is 3.60. The number of hydrogen-bond donors (Lipinski definition) is 1. The third-order valence-electron chi connectivity index (χ3n) is 3.26. The molecule has 2 rings (SSSR count). The lowest BCUT2D eigenvalue weighted by molar-refractivity contribution is -0.116. The molecule has 0 saturated carbocycles. The predicted octanol–water partition coefficient (Wildman–Crippen LogP) is 2.22. The van der Waals surface area contributed by atoms with Crippen molar-refractivity contribution in [2.75, 3.05) is 24.2 Å². The molecule has 0 bridgehead atoms. The van der Waals surface area contributed by atoms with Crippen LogP contribution in [0, 0.1) is 0 Å². The Bertz CT molecular complexity index is 432. The Morgan fingerprint density at radius 3 is 3.11 bits per heavy atom. The van der Waals surface area contributed by atoms with E-state index in [-0.39, 0.29) is 5.91 Å². The number of alkyl halides is 1. The molecule has 5 nitrogen and oxygen atoms in total. The third kappa shape index (κ3) is 4.31. The Morgan fingerprint density at radius 2 is 2.32 bits per heavy atom. The maximum absolute atomic E-state index is 11.7. The summed E-state index contributed by atoms with van der Waals surface area (Å²) in [7, 11) is 2.11. The van der Waals surface area contributed by atoms with E-state index in [1.165, 1.54) is 5.69 Å². The number of halogens is 1. The fraction of sp³-hybridized carbons (Fsp3) is 0.692. The smallest absolute Gasteiger partial charge is 0.225 e. The standard InChI is InChI=1S/C13H21BrN4O/c1-17-7-4-8-18-11(10-17)9-12(16-18)15-13(19)5-2-3-6-14/h9H,2-8,10H2,1H3,(H,15,16,19). The second kappa shape index (κ2) is 7.05. The van der Waals surface area contributed by atoms with Crippen LogP contribution in [-0.2, 0) is 17.9 Å². The average Bonchev–Trinajstić information content (AvgIpc) is 2.63.